The number of halogens is 2. The predicted molar refractivity (Wildman–Crippen MR) is 140 cm³/mol. The number of aryl methyl sites for hydroxylation is 1. The van der Waals surface area contributed by atoms with E-state index in [0.29, 0.717) is 19.0 Å². The maximum atomic E-state index is 15.2. The molecule has 1 saturated heterocycles. The molecular weight excluding hydrogens is 508 g/mol. The lowest BCUT2D eigenvalue weighted by Gasteiger charge is -2.25. The lowest BCUT2D eigenvalue weighted by molar-refractivity contribution is 0.0904. The van der Waals surface area contributed by atoms with Crippen molar-refractivity contribution < 1.29 is 23.0 Å². The van der Waals surface area contributed by atoms with E-state index in [4.69, 9.17) is 25.4 Å². The summed E-state index contributed by atoms with van der Waals surface area (Å²) in [6, 6.07) is 7.99. The fraction of sp³-hybridized carbons (Fsp3) is 0.259. The number of aromatic nitrogens is 4. The minimum atomic E-state index is -0.721. The fourth-order valence-electron chi connectivity index (χ4n) is 4.18. The molecule has 0 spiro atoms. The molecule has 0 aliphatic carbocycles. The number of benzene rings is 2. The molecule has 3 heterocycles. The van der Waals surface area contributed by atoms with Crippen LogP contribution in [0.2, 0.25) is 0 Å². The van der Waals surface area contributed by atoms with E-state index in [2.05, 4.69) is 20.3 Å². The molecule has 12 heteroatoms. The second-order valence-corrected chi connectivity index (χ2v) is 9.04. The highest BCUT2D eigenvalue weighted by molar-refractivity contribution is 6.16. The first kappa shape index (κ1) is 26.0. The molecule has 0 saturated carbocycles. The Hall–Kier alpha value is -4.58. The summed E-state index contributed by atoms with van der Waals surface area (Å²) in [5.74, 6) is -0.391. The summed E-state index contributed by atoms with van der Waals surface area (Å²) in [4.78, 5) is 12.3. The summed E-state index contributed by atoms with van der Waals surface area (Å²) in [6.07, 6.45) is 6.13. The SMILES string of the molecule is Cn1cncc1COc1cc(F)cc(Oc2ccc(C(=N)c3c(N)ncnc3NC3CCOCC3)c(F)c2)c1. The van der Waals surface area contributed by atoms with E-state index in [0.717, 1.165) is 24.6 Å². The zero-order valence-corrected chi connectivity index (χ0v) is 21.2. The monoisotopic (exact) mass is 535 g/mol. The van der Waals surface area contributed by atoms with E-state index in [9.17, 15) is 4.39 Å². The zero-order chi connectivity index (χ0) is 27.4. The van der Waals surface area contributed by atoms with Gasteiger partial charge in [0.25, 0.3) is 0 Å². The third kappa shape index (κ3) is 6.12. The van der Waals surface area contributed by atoms with Gasteiger partial charge in [0.1, 0.15) is 53.5 Å². The van der Waals surface area contributed by atoms with Gasteiger partial charge in [-0.05, 0) is 25.0 Å². The Morgan fingerprint density at radius 2 is 1.92 bits per heavy atom. The molecule has 10 nitrogen and oxygen atoms in total. The van der Waals surface area contributed by atoms with Crippen LogP contribution in [-0.2, 0) is 18.4 Å². The summed E-state index contributed by atoms with van der Waals surface area (Å²) in [7, 11) is 1.83. The minimum Gasteiger partial charge on any atom is -0.487 e. The van der Waals surface area contributed by atoms with Crippen molar-refractivity contribution in [3.8, 4) is 17.2 Å². The number of nitrogens with zero attached hydrogens (tertiary/aromatic N) is 4. The number of nitrogens with two attached hydrogens (primary N) is 1. The molecule has 4 N–H and O–H groups in total. The van der Waals surface area contributed by atoms with E-state index in [1.807, 2.05) is 7.05 Å². The molecule has 2 aromatic heterocycles. The van der Waals surface area contributed by atoms with Gasteiger partial charge in [0.05, 0.1) is 29.5 Å². The van der Waals surface area contributed by atoms with Crippen molar-refractivity contribution in [2.75, 3.05) is 24.3 Å². The Labute approximate surface area is 223 Å². The van der Waals surface area contributed by atoms with Gasteiger partial charge >= 0.3 is 0 Å². The van der Waals surface area contributed by atoms with Crippen LogP contribution in [0, 0.1) is 17.0 Å². The maximum absolute atomic E-state index is 15.2. The molecule has 2 aromatic carbocycles. The molecule has 1 fully saturated rings. The number of nitrogen functional groups attached to an aromatic ring is 1. The Bertz CT molecular complexity index is 1490. The number of rotatable bonds is 9. The highest BCUT2D eigenvalue weighted by Crippen LogP contribution is 2.30. The Balaban J connectivity index is 1.33. The second-order valence-electron chi connectivity index (χ2n) is 9.04. The molecule has 1 aliphatic heterocycles. The van der Waals surface area contributed by atoms with Crippen LogP contribution in [-0.4, -0.2) is 44.5 Å². The van der Waals surface area contributed by atoms with E-state index >= 15 is 4.39 Å². The van der Waals surface area contributed by atoms with Gasteiger partial charge in [-0.25, -0.2) is 23.7 Å². The molecule has 0 unspecified atom stereocenters. The van der Waals surface area contributed by atoms with Crippen molar-refractivity contribution in [3.05, 3.63) is 83.7 Å². The highest BCUT2D eigenvalue weighted by Gasteiger charge is 2.22. The van der Waals surface area contributed by atoms with Crippen molar-refractivity contribution in [1.82, 2.24) is 19.5 Å². The highest BCUT2D eigenvalue weighted by atomic mass is 19.1. The normalized spacial score (nSPS) is 13.7. The van der Waals surface area contributed by atoms with E-state index < -0.39 is 11.6 Å². The Morgan fingerprint density at radius 1 is 1.13 bits per heavy atom. The van der Waals surface area contributed by atoms with Crippen LogP contribution < -0.4 is 20.5 Å². The average molecular weight is 536 g/mol. The van der Waals surface area contributed by atoms with Crippen LogP contribution in [0.15, 0.2) is 55.2 Å². The molecule has 39 heavy (non-hydrogen) atoms. The third-order valence-electron chi connectivity index (χ3n) is 6.28. The van der Waals surface area contributed by atoms with Gasteiger partial charge in [-0.2, -0.15) is 0 Å². The Kier molecular flexibility index (Phi) is 7.64. The second kappa shape index (κ2) is 11.4. The lowest BCUT2D eigenvalue weighted by atomic mass is 10.0. The first-order chi connectivity index (χ1) is 18.9. The first-order valence-corrected chi connectivity index (χ1v) is 12.3. The average Bonchev–Trinajstić information content (AvgIpc) is 3.32. The van der Waals surface area contributed by atoms with E-state index in [1.54, 1.807) is 17.1 Å². The van der Waals surface area contributed by atoms with Crippen molar-refractivity contribution >= 4 is 17.3 Å². The molecular formula is C27H27F2N7O3. The quantitative estimate of drug-likeness (QED) is 0.268. The van der Waals surface area contributed by atoms with Gasteiger partial charge in [-0.15, -0.1) is 0 Å². The number of anilines is 2. The molecule has 0 bridgehead atoms. The van der Waals surface area contributed by atoms with E-state index in [1.165, 1.54) is 36.7 Å². The molecule has 4 aromatic rings. The van der Waals surface area contributed by atoms with E-state index in [-0.39, 0.29) is 52.6 Å². The third-order valence-corrected chi connectivity index (χ3v) is 6.28. The van der Waals surface area contributed by atoms with Crippen molar-refractivity contribution in [2.24, 2.45) is 7.05 Å². The van der Waals surface area contributed by atoms with Gasteiger partial charge in [0.2, 0.25) is 0 Å². The van der Waals surface area contributed by atoms with Crippen LogP contribution in [0.1, 0.15) is 29.7 Å². The van der Waals surface area contributed by atoms with Gasteiger partial charge in [0, 0.05) is 56.1 Å². The smallest absolute Gasteiger partial charge is 0.141 e. The summed E-state index contributed by atoms with van der Waals surface area (Å²) >= 11 is 0. The maximum Gasteiger partial charge on any atom is 0.141 e. The topological polar surface area (TPSA) is 133 Å². The predicted octanol–water partition coefficient (Wildman–Crippen LogP) is 4.45. The number of hydrogen-bond donors (Lipinski definition) is 3. The largest absolute Gasteiger partial charge is 0.487 e. The summed E-state index contributed by atoms with van der Waals surface area (Å²) in [5.41, 5.74) is 6.90. The van der Waals surface area contributed by atoms with Gasteiger partial charge in [-0.1, -0.05) is 0 Å². The van der Waals surface area contributed by atoms with Gasteiger partial charge in [-0.3, -0.25) is 5.41 Å². The number of ether oxygens (including phenoxy) is 3. The summed E-state index contributed by atoms with van der Waals surface area (Å²) < 4.78 is 48.0. The molecule has 0 amide bonds. The van der Waals surface area contributed by atoms with Gasteiger partial charge < -0.3 is 29.8 Å². The minimum absolute atomic E-state index is 0.0154. The first-order valence-electron chi connectivity index (χ1n) is 12.3. The summed E-state index contributed by atoms with van der Waals surface area (Å²) in [6.45, 7) is 1.41. The Morgan fingerprint density at radius 3 is 2.67 bits per heavy atom. The van der Waals surface area contributed by atoms with Crippen LogP contribution in [0.25, 0.3) is 0 Å². The molecule has 1 aliphatic rings. The molecule has 5 rings (SSSR count). The zero-order valence-electron chi connectivity index (χ0n) is 21.2. The molecule has 0 atom stereocenters. The van der Waals surface area contributed by atoms with Crippen LogP contribution >= 0.6 is 0 Å². The van der Waals surface area contributed by atoms with Crippen LogP contribution in [0.4, 0.5) is 20.4 Å². The molecule has 0 radical (unpaired) electrons. The number of hydrogen-bond acceptors (Lipinski definition) is 9. The lowest BCUT2D eigenvalue weighted by Crippen LogP contribution is -2.29. The number of imidazole rings is 1. The van der Waals surface area contributed by atoms with Crippen LogP contribution in [0.3, 0.4) is 0 Å². The van der Waals surface area contributed by atoms with Gasteiger partial charge in [0.15, 0.2) is 0 Å². The fourth-order valence-corrected chi connectivity index (χ4v) is 4.18. The van der Waals surface area contributed by atoms with Crippen molar-refractivity contribution in [2.45, 2.75) is 25.5 Å². The standard InChI is InChI=1S/C27H27F2N7O3/c1-36-15-32-12-18(36)13-38-20-8-16(28)9-21(10-20)39-19-2-3-22(23(29)11-19)25(30)24-26(31)33-14-34-27(24)35-17-4-6-37-7-5-17/h2-3,8-12,14-15,17,30H,4-7,13H2,1H3,(H3,31,33,34,35). The van der Waals surface area contributed by atoms with Crippen LogP contribution in [0.5, 0.6) is 17.2 Å². The number of nitrogens with one attached hydrogen (secondary N) is 2. The summed E-state index contributed by atoms with van der Waals surface area (Å²) in [5, 5.41) is 12.0. The van der Waals surface area contributed by atoms with Crippen molar-refractivity contribution in [1.29, 1.82) is 5.41 Å². The molecule has 202 valence electrons. The van der Waals surface area contributed by atoms with Crippen molar-refractivity contribution in [3.63, 3.8) is 0 Å².